The van der Waals surface area contributed by atoms with E-state index < -0.39 is 0 Å². The van der Waals surface area contributed by atoms with Crippen molar-refractivity contribution in [1.29, 1.82) is 0 Å². The highest BCUT2D eigenvalue weighted by Gasteiger charge is 2.05. The van der Waals surface area contributed by atoms with Crippen LogP contribution in [0.5, 0.6) is 0 Å². The van der Waals surface area contributed by atoms with E-state index in [1.807, 2.05) is 30.6 Å². The first kappa shape index (κ1) is 7.36. The number of thiophene rings is 1. The van der Waals surface area contributed by atoms with Gasteiger partial charge >= 0.3 is 0 Å². The number of nitrogens with zero attached hydrogens (tertiary/aromatic N) is 2. The zero-order valence-electron chi connectivity index (χ0n) is 6.69. The van der Waals surface area contributed by atoms with E-state index in [9.17, 15) is 0 Å². The molecule has 12 heavy (non-hydrogen) atoms. The standard InChI is InChI=1S/C8H9N3S/c1-6-5-11(9)8(10-6)7-3-2-4-12-7/h2-5H,9H2,1H3. The van der Waals surface area contributed by atoms with Crippen LogP contribution in [0.15, 0.2) is 23.7 Å². The molecule has 0 aliphatic carbocycles. The lowest BCUT2D eigenvalue weighted by atomic mass is 10.4. The molecule has 0 saturated carbocycles. The Morgan fingerprint density at radius 3 is 2.92 bits per heavy atom. The lowest BCUT2D eigenvalue weighted by molar-refractivity contribution is 1.02. The number of hydrogen-bond donors (Lipinski definition) is 1. The van der Waals surface area contributed by atoms with Crippen LogP contribution in [0, 0.1) is 6.92 Å². The van der Waals surface area contributed by atoms with Gasteiger partial charge in [0.25, 0.3) is 0 Å². The zero-order chi connectivity index (χ0) is 8.55. The highest BCUT2D eigenvalue weighted by atomic mass is 32.1. The molecule has 0 amide bonds. The predicted octanol–water partition coefficient (Wildman–Crippen LogP) is 1.63. The van der Waals surface area contributed by atoms with E-state index in [2.05, 4.69) is 4.98 Å². The molecule has 62 valence electrons. The van der Waals surface area contributed by atoms with Crippen molar-refractivity contribution >= 4 is 11.3 Å². The molecule has 0 atom stereocenters. The van der Waals surface area contributed by atoms with Gasteiger partial charge in [-0.1, -0.05) is 6.07 Å². The lowest BCUT2D eigenvalue weighted by Gasteiger charge is -1.95. The summed E-state index contributed by atoms with van der Waals surface area (Å²) < 4.78 is 1.56. The van der Waals surface area contributed by atoms with Crippen LogP contribution in [0.3, 0.4) is 0 Å². The number of aryl methyl sites for hydroxylation is 1. The average Bonchev–Trinajstić information content (AvgIpc) is 2.58. The summed E-state index contributed by atoms with van der Waals surface area (Å²) in [6, 6.07) is 4.00. The highest BCUT2D eigenvalue weighted by Crippen LogP contribution is 2.22. The van der Waals surface area contributed by atoms with E-state index in [0.29, 0.717) is 0 Å². The molecule has 2 N–H and O–H groups in total. The summed E-state index contributed by atoms with van der Waals surface area (Å²) in [5.41, 5.74) is 0.945. The molecular formula is C8H9N3S. The number of hydrogen-bond acceptors (Lipinski definition) is 3. The molecule has 0 aromatic carbocycles. The first-order chi connectivity index (χ1) is 5.77. The molecule has 2 heterocycles. The van der Waals surface area contributed by atoms with Gasteiger partial charge in [0.15, 0.2) is 5.82 Å². The Hall–Kier alpha value is -1.29. The number of aromatic nitrogens is 2. The summed E-state index contributed by atoms with van der Waals surface area (Å²) in [5, 5.41) is 2.01. The Labute approximate surface area is 74.4 Å². The zero-order valence-corrected chi connectivity index (χ0v) is 7.51. The molecule has 0 bridgehead atoms. The highest BCUT2D eigenvalue weighted by molar-refractivity contribution is 7.13. The third-order valence-electron chi connectivity index (χ3n) is 1.59. The molecular weight excluding hydrogens is 170 g/mol. The third kappa shape index (κ3) is 1.10. The molecule has 0 aliphatic heterocycles. The number of imidazole rings is 1. The van der Waals surface area contributed by atoms with Crippen molar-refractivity contribution in [2.75, 3.05) is 5.84 Å². The maximum absolute atomic E-state index is 5.69. The largest absolute Gasteiger partial charge is 0.338 e. The quantitative estimate of drug-likeness (QED) is 0.676. The second kappa shape index (κ2) is 2.64. The van der Waals surface area contributed by atoms with Gasteiger partial charge in [0.2, 0.25) is 0 Å². The van der Waals surface area contributed by atoms with E-state index in [1.165, 1.54) is 0 Å². The van der Waals surface area contributed by atoms with Gasteiger partial charge in [0.1, 0.15) is 0 Å². The minimum absolute atomic E-state index is 0.836. The van der Waals surface area contributed by atoms with Crippen molar-refractivity contribution in [3.8, 4) is 10.7 Å². The second-order valence-electron chi connectivity index (χ2n) is 2.59. The van der Waals surface area contributed by atoms with Gasteiger partial charge in [-0.05, 0) is 18.4 Å². The summed E-state index contributed by atoms with van der Waals surface area (Å²) in [6.45, 7) is 1.93. The molecule has 2 rings (SSSR count). The Morgan fingerprint density at radius 2 is 2.42 bits per heavy atom. The van der Waals surface area contributed by atoms with Gasteiger partial charge in [-0.25, -0.2) is 9.66 Å². The molecule has 0 saturated heterocycles. The maximum atomic E-state index is 5.69. The Balaban J connectivity index is 2.54. The Bertz CT molecular complexity index is 375. The van der Waals surface area contributed by atoms with Crippen molar-refractivity contribution < 1.29 is 0 Å². The van der Waals surface area contributed by atoms with Crippen LogP contribution in [0.4, 0.5) is 0 Å². The van der Waals surface area contributed by atoms with E-state index in [4.69, 9.17) is 5.84 Å². The molecule has 0 radical (unpaired) electrons. The fourth-order valence-corrected chi connectivity index (χ4v) is 1.82. The van der Waals surface area contributed by atoms with Crippen LogP contribution in [-0.2, 0) is 0 Å². The average molecular weight is 179 g/mol. The van der Waals surface area contributed by atoms with Crippen molar-refractivity contribution in [3.05, 3.63) is 29.4 Å². The molecule has 0 aliphatic rings. The second-order valence-corrected chi connectivity index (χ2v) is 3.54. The van der Waals surface area contributed by atoms with E-state index in [1.54, 1.807) is 16.0 Å². The molecule has 3 nitrogen and oxygen atoms in total. The van der Waals surface area contributed by atoms with Crippen LogP contribution in [0.2, 0.25) is 0 Å². The lowest BCUT2D eigenvalue weighted by Crippen LogP contribution is -2.07. The van der Waals surface area contributed by atoms with Gasteiger partial charge in [0, 0.05) is 6.20 Å². The topological polar surface area (TPSA) is 43.8 Å². The first-order valence-electron chi connectivity index (χ1n) is 3.62. The third-order valence-corrected chi connectivity index (χ3v) is 2.46. The van der Waals surface area contributed by atoms with E-state index in [0.717, 1.165) is 16.4 Å². The van der Waals surface area contributed by atoms with Gasteiger partial charge in [-0.15, -0.1) is 11.3 Å². The van der Waals surface area contributed by atoms with Crippen molar-refractivity contribution in [2.24, 2.45) is 0 Å². The predicted molar refractivity (Wildman–Crippen MR) is 50.4 cm³/mol. The normalized spacial score (nSPS) is 10.4. The molecule has 0 spiro atoms. The van der Waals surface area contributed by atoms with Crippen LogP contribution >= 0.6 is 11.3 Å². The van der Waals surface area contributed by atoms with Crippen LogP contribution < -0.4 is 5.84 Å². The number of nitrogens with two attached hydrogens (primary N) is 1. The van der Waals surface area contributed by atoms with Crippen LogP contribution in [-0.4, -0.2) is 9.66 Å². The Morgan fingerprint density at radius 1 is 1.58 bits per heavy atom. The number of nitrogen functional groups attached to an aromatic ring is 1. The fourth-order valence-electron chi connectivity index (χ4n) is 1.10. The SMILES string of the molecule is Cc1cn(N)c(-c2cccs2)n1. The van der Waals surface area contributed by atoms with Crippen molar-refractivity contribution in [2.45, 2.75) is 6.92 Å². The summed E-state index contributed by atoms with van der Waals surface area (Å²) in [7, 11) is 0. The number of rotatable bonds is 1. The van der Waals surface area contributed by atoms with E-state index in [-0.39, 0.29) is 0 Å². The monoisotopic (exact) mass is 179 g/mol. The van der Waals surface area contributed by atoms with Crippen molar-refractivity contribution in [3.63, 3.8) is 0 Å². The molecule has 2 aromatic rings. The first-order valence-corrected chi connectivity index (χ1v) is 4.50. The summed E-state index contributed by atoms with van der Waals surface area (Å²) in [5.74, 6) is 6.53. The molecule has 0 fully saturated rings. The summed E-state index contributed by atoms with van der Waals surface area (Å²) in [4.78, 5) is 5.40. The minimum atomic E-state index is 0.836. The van der Waals surface area contributed by atoms with Crippen molar-refractivity contribution in [1.82, 2.24) is 9.66 Å². The van der Waals surface area contributed by atoms with Gasteiger partial charge in [-0.2, -0.15) is 0 Å². The van der Waals surface area contributed by atoms with Crippen LogP contribution in [0.1, 0.15) is 5.69 Å². The summed E-state index contributed by atoms with van der Waals surface area (Å²) in [6.07, 6.45) is 1.81. The van der Waals surface area contributed by atoms with Crippen LogP contribution in [0.25, 0.3) is 10.7 Å². The van der Waals surface area contributed by atoms with Gasteiger partial charge in [0.05, 0.1) is 10.6 Å². The molecule has 2 aromatic heterocycles. The molecule has 4 heteroatoms. The van der Waals surface area contributed by atoms with E-state index >= 15 is 0 Å². The smallest absolute Gasteiger partial charge is 0.168 e. The Kier molecular flexibility index (Phi) is 1.62. The van der Waals surface area contributed by atoms with Gasteiger partial charge in [-0.3, -0.25) is 0 Å². The minimum Gasteiger partial charge on any atom is -0.338 e. The van der Waals surface area contributed by atoms with Gasteiger partial charge < -0.3 is 5.84 Å². The fraction of sp³-hybridized carbons (Fsp3) is 0.125. The maximum Gasteiger partial charge on any atom is 0.168 e. The molecule has 0 unspecified atom stereocenters. The summed E-state index contributed by atoms with van der Waals surface area (Å²) >= 11 is 1.64.